The Morgan fingerprint density at radius 3 is 2.78 bits per heavy atom. The van der Waals surface area contributed by atoms with Crippen LogP contribution in [0.1, 0.15) is 43.8 Å². The first-order chi connectivity index (χ1) is 11.3. The number of hydrogen-bond acceptors (Lipinski definition) is 2. The van der Waals surface area contributed by atoms with E-state index in [1.165, 1.54) is 32.1 Å². The molecule has 118 valence electrons. The number of pyridine rings is 1. The maximum atomic E-state index is 12.7. The highest BCUT2D eigenvalue weighted by Gasteiger charge is 2.17. The average molecular weight is 307 g/mol. The molecular weight excluding hydrogens is 286 g/mol. The number of rotatable bonds is 3. The normalized spacial score (nSPS) is 16.0. The van der Waals surface area contributed by atoms with Gasteiger partial charge in [-0.1, -0.05) is 37.5 Å². The molecule has 0 aliphatic heterocycles. The van der Waals surface area contributed by atoms with Crippen molar-refractivity contribution in [3.05, 3.63) is 65.1 Å². The van der Waals surface area contributed by atoms with E-state index >= 15 is 0 Å². The number of benzene rings is 1. The Morgan fingerprint density at radius 1 is 1.09 bits per heavy atom. The minimum atomic E-state index is 0.0690. The van der Waals surface area contributed by atoms with Crippen LogP contribution in [0.4, 0.5) is 0 Å². The number of nitrogens with zero attached hydrogens (tertiary/aromatic N) is 3. The molecule has 4 heteroatoms. The van der Waals surface area contributed by atoms with E-state index in [1.807, 2.05) is 49.1 Å². The van der Waals surface area contributed by atoms with Gasteiger partial charge < -0.3 is 9.13 Å². The molecule has 1 fully saturated rings. The second kappa shape index (κ2) is 6.03. The van der Waals surface area contributed by atoms with Crippen LogP contribution in [0.25, 0.3) is 10.8 Å². The fraction of sp³-hybridized carbons (Fsp3) is 0.368. The summed E-state index contributed by atoms with van der Waals surface area (Å²) in [7, 11) is 0. The van der Waals surface area contributed by atoms with Crippen LogP contribution in [0, 0.1) is 0 Å². The molecule has 1 saturated carbocycles. The van der Waals surface area contributed by atoms with Gasteiger partial charge in [0.25, 0.3) is 5.56 Å². The molecule has 0 radical (unpaired) electrons. The molecule has 0 unspecified atom stereocenters. The molecule has 0 amide bonds. The van der Waals surface area contributed by atoms with Gasteiger partial charge in [-0.3, -0.25) is 4.79 Å². The Morgan fingerprint density at radius 2 is 1.91 bits per heavy atom. The number of aromatic nitrogens is 3. The summed E-state index contributed by atoms with van der Waals surface area (Å²) < 4.78 is 4.07. The van der Waals surface area contributed by atoms with Crippen molar-refractivity contribution < 1.29 is 0 Å². The van der Waals surface area contributed by atoms with Crippen LogP contribution in [0.15, 0.2) is 53.8 Å². The highest BCUT2D eigenvalue weighted by molar-refractivity contribution is 5.81. The third-order valence-corrected chi connectivity index (χ3v) is 4.93. The molecule has 0 saturated heterocycles. The average Bonchev–Trinajstić information content (AvgIpc) is 3.07. The van der Waals surface area contributed by atoms with Gasteiger partial charge in [0.05, 0.1) is 18.6 Å². The van der Waals surface area contributed by atoms with Crippen LogP contribution < -0.4 is 5.56 Å². The largest absolute Gasteiger partial charge is 0.330 e. The summed E-state index contributed by atoms with van der Waals surface area (Å²) in [6.07, 6.45) is 12.1. The van der Waals surface area contributed by atoms with Gasteiger partial charge in [-0.25, -0.2) is 4.98 Å². The molecule has 4 rings (SSSR count). The van der Waals surface area contributed by atoms with Gasteiger partial charge in [-0.2, -0.15) is 0 Å². The molecule has 0 spiro atoms. The Kier molecular flexibility index (Phi) is 3.74. The predicted molar refractivity (Wildman–Crippen MR) is 91.7 cm³/mol. The first kappa shape index (κ1) is 14.2. The summed E-state index contributed by atoms with van der Waals surface area (Å²) in [4.78, 5) is 17.0. The molecule has 1 aliphatic rings. The van der Waals surface area contributed by atoms with E-state index in [0.717, 1.165) is 16.5 Å². The third-order valence-electron chi connectivity index (χ3n) is 4.93. The van der Waals surface area contributed by atoms with Crippen molar-refractivity contribution in [1.82, 2.24) is 14.1 Å². The van der Waals surface area contributed by atoms with Crippen LogP contribution in [0.3, 0.4) is 0 Å². The van der Waals surface area contributed by atoms with E-state index in [1.54, 1.807) is 4.57 Å². The van der Waals surface area contributed by atoms with Crippen molar-refractivity contribution in [3.8, 4) is 0 Å². The zero-order valence-electron chi connectivity index (χ0n) is 13.2. The zero-order valence-corrected chi connectivity index (χ0v) is 13.2. The highest BCUT2D eigenvalue weighted by Crippen LogP contribution is 2.29. The van der Waals surface area contributed by atoms with Crippen molar-refractivity contribution >= 4 is 10.8 Å². The van der Waals surface area contributed by atoms with Crippen LogP contribution in [-0.2, 0) is 6.54 Å². The lowest BCUT2D eigenvalue weighted by molar-refractivity contribution is 0.345. The van der Waals surface area contributed by atoms with Crippen LogP contribution in [0.2, 0.25) is 0 Å². The fourth-order valence-corrected chi connectivity index (χ4v) is 3.67. The molecule has 2 aromatic heterocycles. The lowest BCUT2D eigenvalue weighted by Gasteiger charge is -2.25. The van der Waals surface area contributed by atoms with Gasteiger partial charge in [0.15, 0.2) is 0 Å². The zero-order chi connectivity index (χ0) is 15.6. The van der Waals surface area contributed by atoms with Crippen molar-refractivity contribution in [1.29, 1.82) is 0 Å². The Labute approximate surface area is 135 Å². The van der Waals surface area contributed by atoms with Gasteiger partial charge >= 0.3 is 0 Å². The van der Waals surface area contributed by atoms with Crippen molar-refractivity contribution in [2.75, 3.05) is 0 Å². The standard InChI is InChI=1S/C19H21N3O/c23-19-18-9-5-4-6-15(18)10-11-21(19)13-17-12-20-14-22(17)16-7-2-1-3-8-16/h4-6,9-12,14,16H,1-3,7-8,13H2. The third kappa shape index (κ3) is 2.69. The second-order valence-corrected chi connectivity index (χ2v) is 6.42. The van der Waals surface area contributed by atoms with Gasteiger partial charge in [-0.15, -0.1) is 0 Å². The fourth-order valence-electron chi connectivity index (χ4n) is 3.67. The SMILES string of the molecule is O=c1c2ccccc2ccn1Cc1cncn1C1CCCCC1. The Balaban J connectivity index is 1.68. The topological polar surface area (TPSA) is 39.8 Å². The minimum Gasteiger partial charge on any atom is -0.330 e. The Hall–Kier alpha value is -2.36. The first-order valence-electron chi connectivity index (χ1n) is 8.42. The van der Waals surface area contributed by atoms with Gasteiger partial charge in [0.1, 0.15) is 0 Å². The molecule has 4 nitrogen and oxygen atoms in total. The molecule has 3 aromatic rings. The van der Waals surface area contributed by atoms with Crippen molar-refractivity contribution in [2.45, 2.75) is 44.7 Å². The summed E-state index contributed by atoms with van der Waals surface area (Å²) in [6.45, 7) is 0.583. The van der Waals surface area contributed by atoms with Gasteiger partial charge in [0, 0.05) is 23.8 Å². The molecule has 0 bridgehead atoms. The summed E-state index contributed by atoms with van der Waals surface area (Å²) >= 11 is 0. The lowest BCUT2D eigenvalue weighted by Crippen LogP contribution is -2.22. The second-order valence-electron chi connectivity index (χ2n) is 6.42. The smallest absolute Gasteiger partial charge is 0.258 e. The van der Waals surface area contributed by atoms with Crippen molar-refractivity contribution in [3.63, 3.8) is 0 Å². The quantitative estimate of drug-likeness (QED) is 0.739. The maximum absolute atomic E-state index is 12.7. The number of hydrogen-bond donors (Lipinski definition) is 0. The minimum absolute atomic E-state index is 0.0690. The molecule has 0 atom stereocenters. The molecule has 1 aromatic carbocycles. The molecular formula is C19H21N3O. The van der Waals surface area contributed by atoms with Gasteiger partial charge in [-0.05, 0) is 30.4 Å². The number of fused-ring (bicyclic) bond motifs is 1. The summed E-state index contributed by atoms with van der Waals surface area (Å²) in [5.74, 6) is 0. The molecule has 0 N–H and O–H groups in total. The van der Waals surface area contributed by atoms with E-state index in [4.69, 9.17) is 0 Å². The maximum Gasteiger partial charge on any atom is 0.258 e. The van der Waals surface area contributed by atoms with E-state index in [0.29, 0.717) is 12.6 Å². The monoisotopic (exact) mass is 307 g/mol. The Bertz CT molecular complexity index is 871. The van der Waals surface area contributed by atoms with E-state index in [9.17, 15) is 4.79 Å². The molecule has 23 heavy (non-hydrogen) atoms. The van der Waals surface area contributed by atoms with E-state index < -0.39 is 0 Å². The summed E-state index contributed by atoms with van der Waals surface area (Å²) in [5.41, 5.74) is 1.19. The van der Waals surface area contributed by atoms with E-state index in [-0.39, 0.29) is 5.56 Å². The van der Waals surface area contributed by atoms with Crippen LogP contribution in [-0.4, -0.2) is 14.1 Å². The molecule has 1 aliphatic carbocycles. The van der Waals surface area contributed by atoms with Crippen LogP contribution in [0.5, 0.6) is 0 Å². The van der Waals surface area contributed by atoms with Crippen LogP contribution >= 0.6 is 0 Å². The molecule has 2 heterocycles. The first-order valence-corrected chi connectivity index (χ1v) is 8.42. The van der Waals surface area contributed by atoms with Crippen molar-refractivity contribution in [2.24, 2.45) is 0 Å². The summed E-state index contributed by atoms with van der Waals surface area (Å²) in [5, 5.41) is 1.77. The lowest BCUT2D eigenvalue weighted by atomic mass is 9.95. The highest BCUT2D eigenvalue weighted by atomic mass is 16.1. The summed E-state index contributed by atoms with van der Waals surface area (Å²) in [6, 6.07) is 10.3. The van der Waals surface area contributed by atoms with E-state index in [2.05, 4.69) is 9.55 Å². The number of imidazole rings is 1. The van der Waals surface area contributed by atoms with Gasteiger partial charge in [0.2, 0.25) is 0 Å². The predicted octanol–water partition coefficient (Wildman–Crippen LogP) is 3.75.